The molecular formula is C17H20N4O4S. The quantitative estimate of drug-likeness (QED) is 0.787. The second-order valence-corrected chi connectivity index (χ2v) is 8.14. The SMILES string of the molecule is CCOc1ccccc1Nc1cnc(C(=O)NC2CCS(=O)(=O)C2)cn1. The van der Waals surface area contributed by atoms with Gasteiger partial charge >= 0.3 is 0 Å². The Bertz CT molecular complexity index is 884. The minimum atomic E-state index is -3.05. The second kappa shape index (κ2) is 7.69. The molecule has 1 aromatic heterocycles. The van der Waals surface area contributed by atoms with Crippen molar-refractivity contribution in [1.82, 2.24) is 15.3 Å². The highest BCUT2D eigenvalue weighted by molar-refractivity contribution is 7.91. The van der Waals surface area contributed by atoms with E-state index in [1.165, 1.54) is 12.4 Å². The smallest absolute Gasteiger partial charge is 0.271 e. The number of sulfone groups is 1. The Kier molecular flexibility index (Phi) is 5.36. The fourth-order valence-corrected chi connectivity index (χ4v) is 4.34. The Morgan fingerprint density at radius 3 is 2.73 bits per heavy atom. The van der Waals surface area contributed by atoms with E-state index >= 15 is 0 Å². The lowest BCUT2D eigenvalue weighted by Crippen LogP contribution is -2.36. The van der Waals surface area contributed by atoms with Gasteiger partial charge in [0.1, 0.15) is 17.3 Å². The van der Waals surface area contributed by atoms with Crippen molar-refractivity contribution in [1.29, 1.82) is 0 Å². The molecule has 1 aliphatic rings. The van der Waals surface area contributed by atoms with Crippen LogP contribution in [0.3, 0.4) is 0 Å². The van der Waals surface area contributed by atoms with E-state index in [1.807, 2.05) is 31.2 Å². The van der Waals surface area contributed by atoms with Gasteiger partial charge in [-0.25, -0.2) is 18.4 Å². The third-order valence-corrected chi connectivity index (χ3v) is 5.67. The number of benzene rings is 1. The summed E-state index contributed by atoms with van der Waals surface area (Å²) in [5, 5.41) is 5.78. The summed E-state index contributed by atoms with van der Waals surface area (Å²) in [6, 6.07) is 7.07. The summed E-state index contributed by atoms with van der Waals surface area (Å²) in [5.41, 5.74) is 0.884. The lowest BCUT2D eigenvalue weighted by atomic mass is 10.2. The molecule has 9 heteroatoms. The normalized spacial score (nSPS) is 18.3. The number of aromatic nitrogens is 2. The highest BCUT2D eigenvalue weighted by Crippen LogP contribution is 2.26. The average molecular weight is 376 g/mol. The number of carbonyl (C=O) groups is 1. The molecule has 1 saturated heterocycles. The molecule has 8 nitrogen and oxygen atoms in total. The summed E-state index contributed by atoms with van der Waals surface area (Å²) in [6.45, 7) is 2.44. The first-order chi connectivity index (χ1) is 12.5. The molecule has 1 atom stereocenters. The van der Waals surface area contributed by atoms with E-state index in [0.717, 1.165) is 5.69 Å². The van der Waals surface area contributed by atoms with E-state index in [-0.39, 0.29) is 23.2 Å². The Morgan fingerprint density at radius 2 is 2.08 bits per heavy atom. The van der Waals surface area contributed by atoms with Crippen LogP contribution in [-0.2, 0) is 9.84 Å². The number of amides is 1. The van der Waals surface area contributed by atoms with Crippen molar-refractivity contribution in [3.8, 4) is 5.75 Å². The molecule has 0 saturated carbocycles. The summed E-state index contributed by atoms with van der Waals surface area (Å²) in [6.07, 6.45) is 3.22. The summed E-state index contributed by atoms with van der Waals surface area (Å²) < 4.78 is 28.4. The van der Waals surface area contributed by atoms with Gasteiger partial charge in [0.05, 0.1) is 36.2 Å². The van der Waals surface area contributed by atoms with Gasteiger partial charge in [-0.05, 0) is 25.5 Å². The monoisotopic (exact) mass is 376 g/mol. The molecule has 2 heterocycles. The summed E-state index contributed by atoms with van der Waals surface area (Å²) in [4.78, 5) is 20.5. The van der Waals surface area contributed by atoms with Gasteiger partial charge in [0.2, 0.25) is 0 Å². The molecule has 138 valence electrons. The van der Waals surface area contributed by atoms with Crippen LogP contribution >= 0.6 is 0 Å². The number of rotatable bonds is 6. The van der Waals surface area contributed by atoms with Crippen molar-refractivity contribution in [3.63, 3.8) is 0 Å². The van der Waals surface area contributed by atoms with Crippen LogP contribution in [0.15, 0.2) is 36.7 Å². The van der Waals surface area contributed by atoms with Gasteiger partial charge in [-0.1, -0.05) is 12.1 Å². The van der Waals surface area contributed by atoms with E-state index in [1.54, 1.807) is 0 Å². The fraction of sp³-hybridized carbons (Fsp3) is 0.353. The number of nitrogens with one attached hydrogen (secondary N) is 2. The van der Waals surface area contributed by atoms with Crippen LogP contribution in [0.2, 0.25) is 0 Å². The molecule has 1 aliphatic heterocycles. The molecule has 3 rings (SSSR count). The minimum Gasteiger partial charge on any atom is -0.492 e. The maximum Gasteiger partial charge on any atom is 0.271 e. The number of carbonyl (C=O) groups excluding carboxylic acids is 1. The van der Waals surface area contributed by atoms with Gasteiger partial charge in [0.15, 0.2) is 9.84 Å². The van der Waals surface area contributed by atoms with Gasteiger partial charge in [-0.3, -0.25) is 4.79 Å². The van der Waals surface area contributed by atoms with Crippen LogP contribution in [0, 0.1) is 0 Å². The van der Waals surface area contributed by atoms with Gasteiger partial charge in [-0.2, -0.15) is 0 Å². The Balaban J connectivity index is 1.64. The van der Waals surface area contributed by atoms with Crippen molar-refractivity contribution in [2.75, 3.05) is 23.4 Å². The van der Waals surface area contributed by atoms with Crippen molar-refractivity contribution in [2.24, 2.45) is 0 Å². The van der Waals surface area contributed by atoms with Crippen LogP contribution in [-0.4, -0.2) is 48.4 Å². The molecule has 1 unspecified atom stereocenters. The maximum absolute atomic E-state index is 12.2. The molecule has 2 aromatic rings. The molecule has 26 heavy (non-hydrogen) atoms. The van der Waals surface area contributed by atoms with E-state index in [2.05, 4.69) is 20.6 Å². The van der Waals surface area contributed by atoms with Crippen LogP contribution in [0.25, 0.3) is 0 Å². The van der Waals surface area contributed by atoms with Crippen LogP contribution < -0.4 is 15.4 Å². The summed E-state index contributed by atoms with van der Waals surface area (Å²) >= 11 is 0. The van der Waals surface area contributed by atoms with Crippen LogP contribution in [0.4, 0.5) is 11.5 Å². The summed E-state index contributed by atoms with van der Waals surface area (Å²) in [5.74, 6) is 0.810. The number of para-hydroxylation sites is 2. The van der Waals surface area contributed by atoms with Gasteiger partial charge in [0.25, 0.3) is 5.91 Å². The molecule has 1 amide bonds. The first-order valence-electron chi connectivity index (χ1n) is 8.29. The lowest BCUT2D eigenvalue weighted by molar-refractivity contribution is 0.0935. The zero-order valence-corrected chi connectivity index (χ0v) is 15.1. The zero-order valence-electron chi connectivity index (χ0n) is 14.3. The molecule has 0 spiro atoms. The van der Waals surface area contributed by atoms with Crippen LogP contribution in [0.5, 0.6) is 5.75 Å². The molecule has 0 bridgehead atoms. The van der Waals surface area contributed by atoms with Gasteiger partial charge in [-0.15, -0.1) is 0 Å². The predicted molar refractivity (Wildman–Crippen MR) is 97.5 cm³/mol. The van der Waals surface area contributed by atoms with Crippen molar-refractivity contribution in [3.05, 3.63) is 42.4 Å². The summed E-state index contributed by atoms with van der Waals surface area (Å²) in [7, 11) is -3.05. The number of hydrogen-bond donors (Lipinski definition) is 2. The standard InChI is InChI=1S/C17H20N4O4S/c1-2-25-15-6-4-3-5-13(15)21-16-10-18-14(9-19-16)17(22)20-12-7-8-26(23,24)11-12/h3-6,9-10,12H,2,7-8,11H2,1H3,(H,19,21)(H,20,22). The number of anilines is 2. The molecule has 0 aliphatic carbocycles. The first-order valence-corrected chi connectivity index (χ1v) is 10.1. The van der Waals surface area contributed by atoms with Gasteiger partial charge in [0, 0.05) is 6.04 Å². The van der Waals surface area contributed by atoms with Crippen molar-refractivity contribution >= 4 is 27.2 Å². The number of ether oxygens (including phenoxy) is 1. The average Bonchev–Trinajstić information content (AvgIpc) is 2.96. The third kappa shape index (κ3) is 4.48. The number of hydrogen-bond acceptors (Lipinski definition) is 7. The minimum absolute atomic E-state index is 0.0278. The maximum atomic E-state index is 12.2. The molecule has 0 radical (unpaired) electrons. The lowest BCUT2D eigenvalue weighted by Gasteiger charge is -2.12. The Labute approximate surface area is 151 Å². The Morgan fingerprint density at radius 1 is 1.27 bits per heavy atom. The molecule has 1 fully saturated rings. The zero-order chi connectivity index (χ0) is 18.6. The van der Waals surface area contributed by atoms with Crippen molar-refractivity contribution < 1.29 is 17.9 Å². The third-order valence-electron chi connectivity index (χ3n) is 3.90. The van der Waals surface area contributed by atoms with Crippen LogP contribution in [0.1, 0.15) is 23.8 Å². The van der Waals surface area contributed by atoms with E-state index < -0.39 is 15.7 Å². The second-order valence-electron chi connectivity index (χ2n) is 5.91. The highest BCUT2D eigenvalue weighted by Gasteiger charge is 2.29. The van der Waals surface area contributed by atoms with E-state index in [0.29, 0.717) is 24.6 Å². The first kappa shape index (κ1) is 18.1. The fourth-order valence-electron chi connectivity index (χ4n) is 2.67. The topological polar surface area (TPSA) is 110 Å². The van der Waals surface area contributed by atoms with Gasteiger partial charge < -0.3 is 15.4 Å². The molecule has 2 N–H and O–H groups in total. The van der Waals surface area contributed by atoms with E-state index in [9.17, 15) is 13.2 Å². The molecular weight excluding hydrogens is 356 g/mol. The van der Waals surface area contributed by atoms with E-state index in [4.69, 9.17) is 4.74 Å². The predicted octanol–water partition coefficient (Wildman–Crippen LogP) is 1.54. The molecule has 1 aromatic carbocycles. The number of nitrogens with zero attached hydrogens (tertiary/aromatic N) is 2. The Hall–Kier alpha value is -2.68. The largest absolute Gasteiger partial charge is 0.492 e. The highest BCUT2D eigenvalue weighted by atomic mass is 32.2. The van der Waals surface area contributed by atoms with Crippen molar-refractivity contribution in [2.45, 2.75) is 19.4 Å².